The predicted molar refractivity (Wildman–Crippen MR) is 68.2 cm³/mol. The Hall–Kier alpha value is -1.06. The van der Waals surface area contributed by atoms with Crippen molar-refractivity contribution in [3.8, 4) is 11.8 Å². The van der Waals surface area contributed by atoms with Crippen LogP contribution in [0.1, 0.15) is 12.0 Å². The fourth-order valence-corrected chi connectivity index (χ4v) is 2.25. The number of nitrogens with one attached hydrogen (secondary N) is 1. The first-order chi connectivity index (χ1) is 7.95. The molecular weight excluding hydrogens is 260 g/mol. The molecule has 0 amide bonds. The molecule has 4 nitrogen and oxygen atoms in total. The SMILES string of the molecule is CNCCC#Cc1ccc(S(N)(=O)=O)c(Cl)c1. The zero-order valence-electron chi connectivity index (χ0n) is 9.33. The van der Waals surface area contributed by atoms with E-state index in [1.165, 1.54) is 12.1 Å². The van der Waals surface area contributed by atoms with E-state index in [0.717, 1.165) is 6.54 Å². The van der Waals surface area contributed by atoms with E-state index in [0.29, 0.717) is 12.0 Å². The minimum absolute atomic E-state index is 0.0834. The molecule has 17 heavy (non-hydrogen) atoms. The lowest BCUT2D eigenvalue weighted by atomic mass is 10.2. The maximum Gasteiger partial charge on any atom is 0.239 e. The number of benzene rings is 1. The fraction of sp³-hybridized carbons (Fsp3) is 0.273. The van der Waals surface area contributed by atoms with Crippen LogP contribution >= 0.6 is 11.6 Å². The molecule has 92 valence electrons. The molecule has 1 aromatic rings. The van der Waals surface area contributed by atoms with Crippen LogP contribution in [0.3, 0.4) is 0 Å². The topological polar surface area (TPSA) is 72.2 Å². The number of nitrogens with two attached hydrogens (primary N) is 1. The van der Waals surface area contributed by atoms with Crippen LogP contribution in [-0.2, 0) is 10.0 Å². The third kappa shape index (κ3) is 4.36. The molecule has 0 spiro atoms. The lowest BCUT2D eigenvalue weighted by Gasteiger charge is -2.01. The number of halogens is 1. The molecule has 0 saturated heterocycles. The Balaban J connectivity index is 2.93. The van der Waals surface area contributed by atoms with Crippen molar-refractivity contribution < 1.29 is 8.42 Å². The quantitative estimate of drug-likeness (QED) is 0.636. The van der Waals surface area contributed by atoms with Gasteiger partial charge in [-0.05, 0) is 25.2 Å². The second-order valence-electron chi connectivity index (χ2n) is 3.35. The molecule has 0 aliphatic heterocycles. The fourth-order valence-electron chi connectivity index (χ4n) is 1.16. The Bertz CT molecular complexity index is 559. The molecule has 1 rings (SSSR count). The summed E-state index contributed by atoms with van der Waals surface area (Å²) in [6.07, 6.45) is 0.713. The van der Waals surface area contributed by atoms with Crippen molar-refractivity contribution in [3.63, 3.8) is 0 Å². The van der Waals surface area contributed by atoms with E-state index in [2.05, 4.69) is 17.2 Å². The number of sulfonamides is 1. The molecule has 0 aliphatic rings. The molecule has 0 heterocycles. The summed E-state index contributed by atoms with van der Waals surface area (Å²) in [7, 11) is -1.92. The van der Waals surface area contributed by atoms with Gasteiger partial charge in [-0.25, -0.2) is 13.6 Å². The first-order valence-electron chi connectivity index (χ1n) is 4.91. The third-order valence-electron chi connectivity index (χ3n) is 1.97. The maximum atomic E-state index is 11.1. The predicted octanol–water partition coefficient (Wildman–Crippen LogP) is 0.948. The molecule has 0 radical (unpaired) electrons. The van der Waals surface area contributed by atoms with Crippen molar-refractivity contribution in [1.29, 1.82) is 0 Å². The molecule has 1 aromatic carbocycles. The summed E-state index contributed by atoms with van der Waals surface area (Å²) < 4.78 is 22.2. The Labute approximate surface area is 106 Å². The van der Waals surface area contributed by atoms with Crippen LogP contribution in [0.2, 0.25) is 5.02 Å². The third-order valence-corrected chi connectivity index (χ3v) is 3.36. The van der Waals surface area contributed by atoms with Crippen molar-refractivity contribution in [3.05, 3.63) is 28.8 Å². The van der Waals surface area contributed by atoms with Crippen LogP contribution in [0.5, 0.6) is 0 Å². The summed E-state index contributed by atoms with van der Waals surface area (Å²) in [5.41, 5.74) is 0.665. The van der Waals surface area contributed by atoms with Gasteiger partial charge in [0.25, 0.3) is 0 Å². The van der Waals surface area contributed by atoms with E-state index < -0.39 is 10.0 Å². The van der Waals surface area contributed by atoms with Crippen LogP contribution in [0.4, 0.5) is 0 Å². The molecule has 0 atom stereocenters. The highest BCUT2D eigenvalue weighted by molar-refractivity contribution is 7.89. The van der Waals surface area contributed by atoms with Crippen molar-refractivity contribution in [2.75, 3.05) is 13.6 Å². The van der Waals surface area contributed by atoms with Crippen molar-refractivity contribution in [2.45, 2.75) is 11.3 Å². The van der Waals surface area contributed by atoms with Crippen molar-refractivity contribution >= 4 is 21.6 Å². The van der Waals surface area contributed by atoms with Crippen LogP contribution in [0, 0.1) is 11.8 Å². The van der Waals surface area contributed by atoms with Gasteiger partial charge < -0.3 is 5.32 Å². The van der Waals surface area contributed by atoms with Gasteiger partial charge in [-0.1, -0.05) is 23.4 Å². The number of hydrogen-bond donors (Lipinski definition) is 2. The van der Waals surface area contributed by atoms with Gasteiger partial charge in [0.05, 0.1) is 5.02 Å². The van der Waals surface area contributed by atoms with Gasteiger partial charge in [-0.2, -0.15) is 0 Å². The first kappa shape index (κ1) is 14.0. The summed E-state index contributed by atoms with van der Waals surface area (Å²) in [6, 6.07) is 4.44. The number of rotatable bonds is 3. The van der Waals surface area contributed by atoms with Gasteiger partial charge in [0.2, 0.25) is 10.0 Å². The molecule has 0 aromatic heterocycles. The molecule has 0 unspecified atom stereocenters. The molecule has 0 aliphatic carbocycles. The molecule has 3 N–H and O–H groups in total. The Morgan fingerprint density at radius 2 is 2.18 bits per heavy atom. The molecule has 0 bridgehead atoms. The van der Waals surface area contributed by atoms with Crippen LogP contribution in [-0.4, -0.2) is 22.0 Å². The Morgan fingerprint density at radius 3 is 2.71 bits per heavy atom. The standard InChI is InChI=1S/C11H13ClN2O2S/c1-14-7-3-2-4-9-5-6-11(10(12)8-9)17(13,15)16/h5-6,8,14H,3,7H2,1H3,(H2,13,15,16). The van der Waals surface area contributed by atoms with Crippen LogP contribution in [0.15, 0.2) is 23.1 Å². The number of hydrogen-bond acceptors (Lipinski definition) is 3. The Morgan fingerprint density at radius 1 is 1.47 bits per heavy atom. The van der Waals surface area contributed by atoms with Gasteiger partial charge in [-0.3, -0.25) is 0 Å². The van der Waals surface area contributed by atoms with Crippen LogP contribution in [0.25, 0.3) is 0 Å². The van der Waals surface area contributed by atoms with E-state index in [1.807, 2.05) is 7.05 Å². The smallest absolute Gasteiger partial charge is 0.239 e. The summed E-state index contributed by atoms with van der Waals surface area (Å²) in [5.74, 6) is 5.83. The van der Waals surface area contributed by atoms with Gasteiger partial charge in [0.1, 0.15) is 4.90 Å². The van der Waals surface area contributed by atoms with E-state index in [4.69, 9.17) is 16.7 Å². The van der Waals surface area contributed by atoms with Gasteiger partial charge >= 0.3 is 0 Å². The average molecular weight is 273 g/mol. The molecule has 0 fully saturated rings. The summed E-state index contributed by atoms with van der Waals surface area (Å²) in [4.78, 5) is -0.0834. The minimum Gasteiger partial charge on any atom is -0.319 e. The summed E-state index contributed by atoms with van der Waals surface area (Å²) >= 11 is 5.81. The second-order valence-corrected chi connectivity index (χ2v) is 5.28. The van der Waals surface area contributed by atoms with Gasteiger partial charge in [0, 0.05) is 18.5 Å². The number of primary sulfonamides is 1. The highest BCUT2D eigenvalue weighted by Crippen LogP contribution is 2.20. The highest BCUT2D eigenvalue weighted by atomic mass is 35.5. The zero-order chi connectivity index (χ0) is 12.9. The van der Waals surface area contributed by atoms with E-state index in [9.17, 15) is 8.42 Å². The molecular formula is C11H13ClN2O2S. The van der Waals surface area contributed by atoms with E-state index in [-0.39, 0.29) is 9.92 Å². The summed E-state index contributed by atoms with van der Waals surface area (Å²) in [5, 5.41) is 8.05. The lowest BCUT2D eigenvalue weighted by Crippen LogP contribution is -2.12. The monoisotopic (exact) mass is 272 g/mol. The van der Waals surface area contributed by atoms with Gasteiger partial charge in [-0.15, -0.1) is 0 Å². The molecule has 0 saturated carbocycles. The van der Waals surface area contributed by atoms with E-state index >= 15 is 0 Å². The largest absolute Gasteiger partial charge is 0.319 e. The second kappa shape index (κ2) is 6.03. The average Bonchev–Trinajstić information content (AvgIpc) is 2.23. The normalized spacial score (nSPS) is 10.8. The van der Waals surface area contributed by atoms with Crippen LogP contribution < -0.4 is 10.5 Å². The summed E-state index contributed by atoms with van der Waals surface area (Å²) in [6.45, 7) is 0.802. The first-order valence-corrected chi connectivity index (χ1v) is 6.83. The van der Waals surface area contributed by atoms with Gasteiger partial charge in [0.15, 0.2) is 0 Å². The highest BCUT2D eigenvalue weighted by Gasteiger charge is 2.12. The zero-order valence-corrected chi connectivity index (χ0v) is 10.9. The maximum absolute atomic E-state index is 11.1. The lowest BCUT2D eigenvalue weighted by molar-refractivity contribution is 0.598. The van der Waals surface area contributed by atoms with Crippen molar-refractivity contribution in [1.82, 2.24) is 5.32 Å². The van der Waals surface area contributed by atoms with Crippen molar-refractivity contribution in [2.24, 2.45) is 5.14 Å². The minimum atomic E-state index is -3.77. The Kier molecular flexibility index (Phi) is 4.97. The van der Waals surface area contributed by atoms with E-state index in [1.54, 1.807) is 6.07 Å². The molecule has 6 heteroatoms.